The van der Waals surface area contributed by atoms with Crippen LogP contribution in [0.2, 0.25) is 0 Å². The van der Waals surface area contributed by atoms with Crippen molar-refractivity contribution in [3.05, 3.63) is 35.4 Å². The van der Waals surface area contributed by atoms with Crippen LogP contribution in [0.3, 0.4) is 0 Å². The molecule has 2 atom stereocenters. The van der Waals surface area contributed by atoms with Gasteiger partial charge in [0.2, 0.25) is 0 Å². The van der Waals surface area contributed by atoms with E-state index in [-0.39, 0.29) is 24.9 Å². The standard InChI is InChI=1S/C16H19NO3/c1-2-3-14(13-6-4-12(11-17)5-7-13)16(19)8-9-20-15(18)10-16/h4-7,14,19H,2-3,8-10H2,1H3. The van der Waals surface area contributed by atoms with Gasteiger partial charge in [0.25, 0.3) is 0 Å². The molecule has 2 unspecified atom stereocenters. The lowest BCUT2D eigenvalue weighted by Gasteiger charge is -2.38. The van der Waals surface area contributed by atoms with Crippen molar-refractivity contribution in [2.45, 2.75) is 44.1 Å². The molecule has 1 fully saturated rings. The summed E-state index contributed by atoms with van der Waals surface area (Å²) in [6, 6.07) is 9.33. The van der Waals surface area contributed by atoms with Crippen molar-refractivity contribution in [3.63, 3.8) is 0 Å². The summed E-state index contributed by atoms with van der Waals surface area (Å²) in [7, 11) is 0. The summed E-state index contributed by atoms with van der Waals surface area (Å²) in [5.41, 5.74) is 0.529. The van der Waals surface area contributed by atoms with Crippen molar-refractivity contribution in [2.24, 2.45) is 0 Å². The molecule has 4 nitrogen and oxygen atoms in total. The van der Waals surface area contributed by atoms with E-state index in [1.54, 1.807) is 12.1 Å². The number of ether oxygens (including phenoxy) is 1. The first-order valence-electron chi connectivity index (χ1n) is 6.97. The minimum absolute atomic E-state index is 0.0394. The van der Waals surface area contributed by atoms with E-state index in [2.05, 4.69) is 13.0 Å². The second-order valence-corrected chi connectivity index (χ2v) is 5.33. The van der Waals surface area contributed by atoms with Crippen LogP contribution in [0.1, 0.15) is 49.7 Å². The number of hydrogen-bond donors (Lipinski definition) is 1. The van der Waals surface area contributed by atoms with E-state index in [1.165, 1.54) is 0 Å². The average Bonchev–Trinajstić information content (AvgIpc) is 2.44. The SMILES string of the molecule is CCCC(c1ccc(C#N)cc1)C1(O)CCOC(=O)C1. The number of hydrogen-bond acceptors (Lipinski definition) is 4. The van der Waals surface area contributed by atoms with Gasteiger partial charge in [0.05, 0.1) is 30.3 Å². The smallest absolute Gasteiger partial charge is 0.308 e. The molecule has 1 aliphatic rings. The van der Waals surface area contributed by atoms with Crippen LogP contribution >= 0.6 is 0 Å². The van der Waals surface area contributed by atoms with Crippen molar-refractivity contribution < 1.29 is 14.6 Å². The number of rotatable bonds is 4. The van der Waals surface area contributed by atoms with Crippen LogP contribution in [0.25, 0.3) is 0 Å². The van der Waals surface area contributed by atoms with Gasteiger partial charge in [-0.3, -0.25) is 4.79 Å². The molecule has 1 aliphatic heterocycles. The molecule has 20 heavy (non-hydrogen) atoms. The Kier molecular flexibility index (Phi) is 4.41. The van der Waals surface area contributed by atoms with E-state index in [0.29, 0.717) is 12.0 Å². The fourth-order valence-electron chi connectivity index (χ4n) is 2.85. The number of carbonyl (C=O) groups is 1. The molecule has 0 aromatic heterocycles. The molecule has 0 spiro atoms. The Morgan fingerprint density at radius 2 is 2.15 bits per heavy atom. The lowest BCUT2D eigenvalue weighted by molar-refractivity contribution is -0.162. The molecule has 0 amide bonds. The number of esters is 1. The maximum absolute atomic E-state index is 11.5. The zero-order valence-corrected chi connectivity index (χ0v) is 11.6. The lowest BCUT2D eigenvalue weighted by atomic mass is 9.74. The monoisotopic (exact) mass is 273 g/mol. The predicted octanol–water partition coefficient (Wildman–Crippen LogP) is 2.51. The van der Waals surface area contributed by atoms with Crippen molar-refractivity contribution in [1.82, 2.24) is 0 Å². The van der Waals surface area contributed by atoms with Crippen LogP contribution in [0.5, 0.6) is 0 Å². The first-order valence-corrected chi connectivity index (χ1v) is 6.97. The number of cyclic esters (lactones) is 1. The fraction of sp³-hybridized carbons (Fsp3) is 0.500. The molecule has 4 heteroatoms. The highest BCUT2D eigenvalue weighted by Crippen LogP contribution is 2.39. The maximum atomic E-state index is 11.5. The van der Waals surface area contributed by atoms with Crippen molar-refractivity contribution in [2.75, 3.05) is 6.61 Å². The molecule has 1 saturated heterocycles. The summed E-state index contributed by atoms with van der Waals surface area (Å²) in [5.74, 6) is -0.443. The Labute approximate surface area is 119 Å². The highest BCUT2D eigenvalue weighted by molar-refractivity contribution is 5.71. The minimum Gasteiger partial charge on any atom is -0.465 e. The molecule has 1 N–H and O–H groups in total. The van der Waals surface area contributed by atoms with Gasteiger partial charge in [-0.1, -0.05) is 25.5 Å². The van der Waals surface area contributed by atoms with Gasteiger partial charge in [-0.05, 0) is 24.1 Å². The summed E-state index contributed by atoms with van der Waals surface area (Å²) in [5, 5.41) is 19.7. The van der Waals surface area contributed by atoms with Gasteiger partial charge in [-0.25, -0.2) is 0 Å². The van der Waals surface area contributed by atoms with Gasteiger partial charge < -0.3 is 9.84 Å². The molecule has 2 rings (SSSR count). The molecule has 0 bridgehead atoms. The van der Waals surface area contributed by atoms with E-state index in [9.17, 15) is 9.90 Å². The summed E-state index contributed by atoms with van der Waals surface area (Å²) in [6.07, 6.45) is 2.22. The quantitative estimate of drug-likeness (QED) is 0.856. The third-order valence-electron chi connectivity index (χ3n) is 3.92. The second kappa shape index (κ2) is 6.06. The predicted molar refractivity (Wildman–Crippen MR) is 73.9 cm³/mol. The van der Waals surface area contributed by atoms with E-state index >= 15 is 0 Å². The average molecular weight is 273 g/mol. The van der Waals surface area contributed by atoms with E-state index in [1.807, 2.05) is 12.1 Å². The van der Waals surface area contributed by atoms with Crippen LogP contribution in [0.15, 0.2) is 24.3 Å². The van der Waals surface area contributed by atoms with E-state index in [4.69, 9.17) is 10.00 Å². The summed E-state index contributed by atoms with van der Waals surface area (Å²) >= 11 is 0. The zero-order chi connectivity index (χ0) is 14.6. The first-order chi connectivity index (χ1) is 9.59. The summed E-state index contributed by atoms with van der Waals surface area (Å²) in [6.45, 7) is 2.33. The Morgan fingerprint density at radius 3 is 2.70 bits per heavy atom. The Balaban J connectivity index is 2.29. The number of nitrogens with zero attached hydrogens (tertiary/aromatic N) is 1. The molecule has 0 radical (unpaired) electrons. The van der Waals surface area contributed by atoms with Crippen LogP contribution in [0.4, 0.5) is 0 Å². The van der Waals surface area contributed by atoms with Crippen molar-refractivity contribution in [1.29, 1.82) is 5.26 Å². The Bertz CT molecular complexity index is 518. The number of carbonyl (C=O) groups excluding carboxylic acids is 1. The van der Waals surface area contributed by atoms with Gasteiger partial charge in [0, 0.05) is 12.3 Å². The van der Waals surface area contributed by atoms with Gasteiger partial charge in [-0.15, -0.1) is 0 Å². The molecule has 1 heterocycles. The molecule has 0 aliphatic carbocycles. The zero-order valence-electron chi connectivity index (χ0n) is 11.6. The molecular weight excluding hydrogens is 254 g/mol. The normalized spacial score (nSPS) is 23.8. The molecular formula is C16H19NO3. The number of benzene rings is 1. The van der Waals surface area contributed by atoms with Crippen LogP contribution < -0.4 is 0 Å². The van der Waals surface area contributed by atoms with Crippen LogP contribution in [-0.2, 0) is 9.53 Å². The van der Waals surface area contributed by atoms with Gasteiger partial charge in [-0.2, -0.15) is 5.26 Å². The maximum Gasteiger partial charge on any atom is 0.308 e. The van der Waals surface area contributed by atoms with E-state index < -0.39 is 5.60 Å². The molecule has 0 saturated carbocycles. The Hall–Kier alpha value is -1.86. The van der Waals surface area contributed by atoms with Crippen LogP contribution in [0, 0.1) is 11.3 Å². The lowest BCUT2D eigenvalue weighted by Crippen LogP contribution is -2.43. The first kappa shape index (κ1) is 14.5. The summed E-state index contributed by atoms with van der Waals surface area (Å²) in [4.78, 5) is 11.5. The van der Waals surface area contributed by atoms with Gasteiger partial charge in [0.15, 0.2) is 0 Å². The highest BCUT2D eigenvalue weighted by Gasteiger charge is 2.42. The Morgan fingerprint density at radius 1 is 1.45 bits per heavy atom. The van der Waals surface area contributed by atoms with Gasteiger partial charge in [0.1, 0.15) is 0 Å². The highest BCUT2D eigenvalue weighted by atomic mass is 16.5. The van der Waals surface area contributed by atoms with Crippen molar-refractivity contribution >= 4 is 5.97 Å². The molecule has 106 valence electrons. The fourth-order valence-corrected chi connectivity index (χ4v) is 2.85. The van der Waals surface area contributed by atoms with E-state index in [0.717, 1.165) is 18.4 Å². The topological polar surface area (TPSA) is 70.3 Å². The molecule has 1 aromatic carbocycles. The van der Waals surface area contributed by atoms with Crippen LogP contribution in [-0.4, -0.2) is 23.3 Å². The second-order valence-electron chi connectivity index (χ2n) is 5.33. The molecule has 1 aromatic rings. The van der Waals surface area contributed by atoms with Gasteiger partial charge >= 0.3 is 5.97 Å². The van der Waals surface area contributed by atoms with Crippen molar-refractivity contribution in [3.8, 4) is 6.07 Å². The third kappa shape index (κ3) is 3.00. The third-order valence-corrected chi connectivity index (χ3v) is 3.92. The number of aliphatic hydroxyl groups is 1. The summed E-state index contributed by atoms with van der Waals surface area (Å²) < 4.78 is 4.93. The largest absolute Gasteiger partial charge is 0.465 e. The minimum atomic E-state index is -1.04. The number of nitriles is 1.